The van der Waals surface area contributed by atoms with Gasteiger partial charge in [-0.25, -0.2) is 8.78 Å². The molecule has 6 heteroatoms. The number of allylic oxidation sites excluding steroid dienone is 1. The minimum Gasteiger partial charge on any atom is -0.513 e. The average Bonchev–Trinajstić information content (AvgIpc) is 2.81. The Morgan fingerprint density at radius 2 is 1.26 bits per heavy atom. The van der Waals surface area contributed by atoms with Gasteiger partial charge in [0, 0.05) is 12.3 Å². The average molecular weight is 480 g/mol. The van der Waals surface area contributed by atoms with E-state index in [-0.39, 0.29) is 12.2 Å². The van der Waals surface area contributed by atoms with Gasteiger partial charge in [-0.15, -0.1) is 0 Å². The number of aliphatic hydroxyl groups excluding tert-OH is 1. The standard InChI is InChI=1S/C29H21F5O/c1-18(35)16-19-2-15-26(27(17-19)20-3-9-23(10-4-20)29(32,33)34)28(21-5-11-24(30)12-6-21)22-7-13-25(31)14-8-22/h2-15,17,28,35H,1,16H2. The molecule has 0 bridgehead atoms. The fourth-order valence-electron chi connectivity index (χ4n) is 4.15. The molecule has 4 rings (SSSR count). The van der Waals surface area contributed by atoms with Crippen molar-refractivity contribution in [1.29, 1.82) is 0 Å². The lowest BCUT2D eigenvalue weighted by Gasteiger charge is -2.23. The molecule has 0 spiro atoms. The smallest absolute Gasteiger partial charge is 0.416 e. The summed E-state index contributed by atoms with van der Waals surface area (Å²) in [7, 11) is 0. The van der Waals surface area contributed by atoms with Crippen LogP contribution < -0.4 is 0 Å². The van der Waals surface area contributed by atoms with E-state index in [1.807, 2.05) is 6.07 Å². The molecule has 1 N–H and O–H groups in total. The zero-order chi connectivity index (χ0) is 25.2. The lowest BCUT2D eigenvalue weighted by molar-refractivity contribution is -0.137. The highest BCUT2D eigenvalue weighted by atomic mass is 19.4. The van der Waals surface area contributed by atoms with E-state index in [4.69, 9.17) is 0 Å². The normalized spacial score (nSPS) is 11.6. The molecule has 0 amide bonds. The maximum Gasteiger partial charge on any atom is 0.416 e. The Bertz CT molecular complexity index is 1280. The topological polar surface area (TPSA) is 20.2 Å². The third-order valence-electron chi connectivity index (χ3n) is 5.77. The molecule has 0 heterocycles. The first-order chi connectivity index (χ1) is 16.6. The summed E-state index contributed by atoms with van der Waals surface area (Å²) in [5, 5.41) is 9.69. The van der Waals surface area contributed by atoms with E-state index in [1.165, 1.54) is 36.4 Å². The first-order valence-corrected chi connectivity index (χ1v) is 10.8. The number of alkyl halides is 3. The molecule has 0 aliphatic rings. The van der Waals surface area contributed by atoms with E-state index < -0.39 is 29.3 Å². The second-order valence-electron chi connectivity index (χ2n) is 8.28. The second-order valence-corrected chi connectivity index (χ2v) is 8.28. The number of rotatable bonds is 6. The summed E-state index contributed by atoms with van der Waals surface area (Å²) in [6.07, 6.45) is -4.30. The van der Waals surface area contributed by atoms with Gasteiger partial charge in [-0.3, -0.25) is 0 Å². The molecule has 0 unspecified atom stereocenters. The predicted octanol–water partition coefficient (Wildman–Crippen LogP) is 8.45. The van der Waals surface area contributed by atoms with Crippen molar-refractivity contribution in [3.8, 4) is 11.1 Å². The van der Waals surface area contributed by atoms with Crippen molar-refractivity contribution in [3.63, 3.8) is 0 Å². The van der Waals surface area contributed by atoms with Crippen LogP contribution in [-0.2, 0) is 12.6 Å². The lowest BCUT2D eigenvalue weighted by Crippen LogP contribution is -2.07. The Labute approximate surface area is 199 Å². The van der Waals surface area contributed by atoms with Crippen molar-refractivity contribution >= 4 is 0 Å². The minimum absolute atomic E-state index is 0.0512. The van der Waals surface area contributed by atoms with E-state index in [9.17, 15) is 27.1 Å². The third-order valence-corrected chi connectivity index (χ3v) is 5.77. The van der Waals surface area contributed by atoms with Gasteiger partial charge in [0.25, 0.3) is 0 Å². The van der Waals surface area contributed by atoms with Gasteiger partial charge in [0.2, 0.25) is 0 Å². The van der Waals surface area contributed by atoms with Crippen molar-refractivity contribution in [2.45, 2.75) is 18.5 Å². The second kappa shape index (κ2) is 9.74. The van der Waals surface area contributed by atoms with Crippen molar-refractivity contribution < 1.29 is 27.1 Å². The van der Waals surface area contributed by atoms with E-state index >= 15 is 0 Å². The van der Waals surface area contributed by atoms with E-state index in [0.717, 1.165) is 28.8 Å². The van der Waals surface area contributed by atoms with Crippen molar-refractivity contribution in [2.75, 3.05) is 0 Å². The third kappa shape index (κ3) is 5.60. The van der Waals surface area contributed by atoms with Crippen LogP contribution in [0.1, 0.15) is 33.7 Å². The molecule has 0 radical (unpaired) electrons. The van der Waals surface area contributed by atoms with Crippen LogP contribution >= 0.6 is 0 Å². The van der Waals surface area contributed by atoms with Crippen LogP contribution in [0.3, 0.4) is 0 Å². The molecule has 0 saturated carbocycles. The molecule has 4 aromatic carbocycles. The molecule has 4 aromatic rings. The van der Waals surface area contributed by atoms with Crippen LogP contribution in [-0.4, -0.2) is 5.11 Å². The van der Waals surface area contributed by atoms with Crippen LogP contribution in [0.5, 0.6) is 0 Å². The molecule has 35 heavy (non-hydrogen) atoms. The van der Waals surface area contributed by atoms with Gasteiger partial charge in [0.15, 0.2) is 0 Å². The molecular formula is C29H21F5O. The molecule has 1 nitrogen and oxygen atoms in total. The molecule has 0 aliphatic heterocycles. The van der Waals surface area contributed by atoms with Gasteiger partial charge in [-0.1, -0.05) is 61.2 Å². The number of hydrogen-bond acceptors (Lipinski definition) is 1. The summed E-state index contributed by atoms with van der Waals surface area (Å²) in [6, 6.07) is 22.1. The van der Waals surface area contributed by atoms with Gasteiger partial charge in [0.05, 0.1) is 11.3 Å². The quantitative estimate of drug-likeness (QED) is 0.167. The maximum atomic E-state index is 13.7. The maximum absolute atomic E-state index is 13.7. The summed E-state index contributed by atoms with van der Waals surface area (Å²) >= 11 is 0. The largest absolute Gasteiger partial charge is 0.513 e. The van der Waals surface area contributed by atoms with Gasteiger partial charge >= 0.3 is 6.18 Å². The lowest BCUT2D eigenvalue weighted by atomic mass is 9.80. The highest BCUT2D eigenvalue weighted by Crippen LogP contribution is 2.40. The van der Waals surface area contributed by atoms with Crippen LogP contribution in [0.25, 0.3) is 11.1 Å². The van der Waals surface area contributed by atoms with Crippen molar-refractivity contribution in [1.82, 2.24) is 0 Å². The Balaban J connectivity index is 1.93. The van der Waals surface area contributed by atoms with Crippen LogP contribution in [0.15, 0.2) is 103 Å². The highest BCUT2D eigenvalue weighted by Gasteiger charge is 2.30. The van der Waals surface area contributed by atoms with Crippen LogP contribution in [0.4, 0.5) is 22.0 Å². The molecular weight excluding hydrogens is 459 g/mol. The van der Waals surface area contributed by atoms with Crippen molar-refractivity contribution in [3.05, 3.63) is 143 Å². The summed E-state index contributed by atoms with van der Waals surface area (Å²) in [5.74, 6) is -1.33. The van der Waals surface area contributed by atoms with E-state index in [1.54, 1.807) is 36.4 Å². The highest BCUT2D eigenvalue weighted by molar-refractivity contribution is 5.71. The number of hydrogen-bond donors (Lipinski definition) is 1. The van der Waals surface area contributed by atoms with Gasteiger partial charge in [0.1, 0.15) is 11.6 Å². The first-order valence-electron chi connectivity index (χ1n) is 10.8. The van der Waals surface area contributed by atoms with Gasteiger partial charge in [-0.05, 0) is 69.8 Å². The molecule has 0 aromatic heterocycles. The summed E-state index contributed by atoms with van der Waals surface area (Å²) in [4.78, 5) is 0. The zero-order valence-corrected chi connectivity index (χ0v) is 18.5. The zero-order valence-electron chi connectivity index (χ0n) is 18.5. The SMILES string of the molecule is C=C(O)Cc1ccc(C(c2ccc(F)cc2)c2ccc(F)cc2)c(-c2ccc(C(F)(F)F)cc2)c1. The molecule has 0 atom stereocenters. The number of benzene rings is 4. The number of aliphatic hydroxyl groups is 1. The van der Waals surface area contributed by atoms with Crippen LogP contribution in [0, 0.1) is 11.6 Å². The van der Waals surface area contributed by atoms with E-state index in [2.05, 4.69) is 6.58 Å². The van der Waals surface area contributed by atoms with Gasteiger partial charge in [-0.2, -0.15) is 13.2 Å². The summed E-state index contributed by atoms with van der Waals surface area (Å²) in [5.41, 5.74) is 3.31. The summed E-state index contributed by atoms with van der Waals surface area (Å²) < 4.78 is 66.8. The molecule has 0 saturated heterocycles. The van der Waals surface area contributed by atoms with Crippen LogP contribution in [0.2, 0.25) is 0 Å². The Kier molecular flexibility index (Phi) is 6.74. The molecule has 178 valence electrons. The molecule has 0 fully saturated rings. The fraction of sp³-hybridized carbons (Fsp3) is 0.103. The minimum atomic E-state index is -4.47. The van der Waals surface area contributed by atoms with Crippen molar-refractivity contribution in [2.24, 2.45) is 0 Å². The number of halogens is 5. The van der Waals surface area contributed by atoms with Gasteiger partial charge < -0.3 is 5.11 Å². The Hall–Kier alpha value is -3.93. The van der Waals surface area contributed by atoms with E-state index in [0.29, 0.717) is 16.7 Å². The fourth-order valence-corrected chi connectivity index (χ4v) is 4.15. The monoisotopic (exact) mass is 480 g/mol. The molecule has 0 aliphatic carbocycles. The Morgan fingerprint density at radius 1 is 0.743 bits per heavy atom. The Morgan fingerprint density at radius 3 is 1.71 bits per heavy atom. The summed E-state index contributed by atoms with van der Waals surface area (Å²) in [6.45, 7) is 3.52. The first kappa shape index (κ1) is 24.2. The predicted molar refractivity (Wildman–Crippen MR) is 126 cm³/mol.